The molecule has 1 aliphatic rings. The molecule has 3 N–H and O–H groups in total. The van der Waals surface area contributed by atoms with Crippen molar-refractivity contribution in [2.75, 3.05) is 0 Å². The first-order valence-electron chi connectivity index (χ1n) is 11.0. The number of aliphatic hydroxyl groups is 1. The third kappa shape index (κ3) is 4.92. The van der Waals surface area contributed by atoms with Gasteiger partial charge in [0, 0.05) is 11.5 Å². The molecule has 6 heteroatoms. The molecule has 0 radical (unpaired) electrons. The molecule has 0 amide bonds. The highest BCUT2D eigenvalue weighted by Gasteiger charge is 2.28. The van der Waals surface area contributed by atoms with Crippen molar-refractivity contribution in [1.29, 1.82) is 0 Å². The standard InChI is InChI=1S/C26H31N3O3/c1-25(2,17-5-9-20(10-6-17)31-22-13-19(27)14-22)18-7-11-21(12-8-18)32-23-15-28-24(29-16-23)26(3,4)30/h5-12,15-16,19,22,30H,13-14,27H2,1-4H3. The molecular weight excluding hydrogens is 402 g/mol. The number of hydrogen-bond donors (Lipinski definition) is 2. The Balaban J connectivity index is 1.42. The smallest absolute Gasteiger partial charge is 0.164 e. The maximum absolute atomic E-state index is 9.97. The van der Waals surface area contributed by atoms with E-state index in [1.807, 2.05) is 24.3 Å². The van der Waals surface area contributed by atoms with E-state index in [4.69, 9.17) is 15.2 Å². The highest BCUT2D eigenvalue weighted by Crippen LogP contribution is 2.34. The van der Waals surface area contributed by atoms with Gasteiger partial charge in [0.1, 0.15) is 23.2 Å². The maximum Gasteiger partial charge on any atom is 0.164 e. The first-order chi connectivity index (χ1) is 15.1. The van der Waals surface area contributed by atoms with Gasteiger partial charge in [0.2, 0.25) is 0 Å². The topological polar surface area (TPSA) is 90.5 Å². The van der Waals surface area contributed by atoms with Gasteiger partial charge in [-0.1, -0.05) is 38.1 Å². The van der Waals surface area contributed by atoms with Gasteiger partial charge in [-0.25, -0.2) is 9.97 Å². The Morgan fingerprint density at radius 3 is 1.78 bits per heavy atom. The van der Waals surface area contributed by atoms with Crippen LogP contribution in [0.3, 0.4) is 0 Å². The van der Waals surface area contributed by atoms with Crippen LogP contribution in [0.5, 0.6) is 17.2 Å². The van der Waals surface area contributed by atoms with Crippen molar-refractivity contribution in [3.8, 4) is 17.2 Å². The summed E-state index contributed by atoms with van der Waals surface area (Å²) in [5.41, 5.74) is 6.97. The molecule has 0 atom stereocenters. The second-order valence-electron chi connectivity index (χ2n) is 9.55. The summed E-state index contributed by atoms with van der Waals surface area (Å²) in [4.78, 5) is 8.36. The molecule has 168 valence electrons. The Kier molecular flexibility index (Phi) is 5.93. The third-order valence-electron chi connectivity index (χ3n) is 6.00. The Labute approximate surface area is 189 Å². The normalized spacial score (nSPS) is 18.7. The van der Waals surface area contributed by atoms with E-state index in [0.717, 1.165) is 18.6 Å². The van der Waals surface area contributed by atoms with Gasteiger partial charge in [-0.15, -0.1) is 0 Å². The van der Waals surface area contributed by atoms with Crippen molar-refractivity contribution in [2.24, 2.45) is 5.73 Å². The van der Waals surface area contributed by atoms with E-state index in [2.05, 4.69) is 48.1 Å². The van der Waals surface area contributed by atoms with Crippen LogP contribution < -0.4 is 15.2 Å². The fraction of sp³-hybridized carbons (Fsp3) is 0.385. The highest BCUT2D eigenvalue weighted by atomic mass is 16.5. The van der Waals surface area contributed by atoms with E-state index in [1.54, 1.807) is 26.2 Å². The number of hydrogen-bond acceptors (Lipinski definition) is 6. The fourth-order valence-electron chi connectivity index (χ4n) is 3.77. The van der Waals surface area contributed by atoms with Crippen LogP contribution >= 0.6 is 0 Å². The van der Waals surface area contributed by atoms with Crippen LogP contribution in [0, 0.1) is 0 Å². The van der Waals surface area contributed by atoms with Crippen LogP contribution in [0.1, 0.15) is 57.5 Å². The van der Waals surface area contributed by atoms with Crippen molar-refractivity contribution in [2.45, 2.75) is 63.7 Å². The van der Waals surface area contributed by atoms with Crippen LogP contribution in [-0.4, -0.2) is 27.2 Å². The van der Waals surface area contributed by atoms with Gasteiger partial charge in [0.15, 0.2) is 11.6 Å². The maximum atomic E-state index is 9.97. The average Bonchev–Trinajstić information content (AvgIpc) is 2.73. The van der Waals surface area contributed by atoms with Gasteiger partial charge >= 0.3 is 0 Å². The van der Waals surface area contributed by atoms with Gasteiger partial charge in [-0.2, -0.15) is 0 Å². The molecule has 0 spiro atoms. The van der Waals surface area contributed by atoms with Crippen molar-refractivity contribution < 1.29 is 14.6 Å². The molecule has 1 saturated carbocycles. The summed E-state index contributed by atoms with van der Waals surface area (Å²) in [7, 11) is 0. The number of benzene rings is 2. The summed E-state index contributed by atoms with van der Waals surface area (Å²) in [6.07, 6.45) is 5.24. The molecule has 6 nitrogen and oxygen atoms in total. The zero-order chi connectivity index (χ0) is 22.9. The summed E-state index contributed by atoms with van der Waals surface area (Å²) in [5, 5.41) is 9.97. The minimum Gasteiger partial charge on any atom is -0.490 e. The number of rotatable bonds is 7. The summed E-state index contributed by atoms with van der Waals surface area (Å²) in [6, 6.07) is 16.6. The summed E-state index contributed by atoms with van der Waals surface area (Å²) in [6.45, 7) is 7.70. The monoisotopic (exact) mass is 433 g/mol. The third-order valence-corrected chi connectivity index (χ3v) is 6.00. The van der Waals surface area contributed by atoms with Crippen molar-refractivity contribution in [3.05, 3.63) is 77.9 Å². The zero-order valence-electron chi connectivity index (χ0n) is 19.1. The van der Waals surface area contributed by atoms with Crippen LogP contribution in [0.4, 0.5) is 0 Å². The van der Waals surface area contributed by atoms with E-state index in [-0.39, 0.29) is 17.6 Å². The van der Waals surface area contributed by atoms with E-state index >= 15 is 0 Å². The van der Waals surface area contributed by atoms with Gasteiger partial charge in [0.05, 0.1) is 12.4 Å². The summed E-state index contributed by atoms with van der Waals surface area (Å²) < 4.78 is 11.8. The first kappa shape index (κ1) is 22.2. The number of ether oxygens (including phenoxy) is 2. The molecule has 32 heavy (non-hydrogen) atoms. The van der Waals surface area contributed by atoms with E-state index in [0.29, 0.717) is 17.3 Å². The van der Waals surface area contributed by atoms with Crippen molar-refractivity contribution in [1.82, 2.24) is 9.97 Å². The molecule has 1 fully saturated rings. The lowest BCUT2D eigenvalue weighted by Crippen LogP contribution is -2.43. The largest absolute Gasteiger partial charge is 0.490 e. The van der Waals surface area contributed by atoms with Gasteiger partial charge in [-0.3, -0.25) is 0 Å². The summed E-state index contributed by atoms with van der Waals surface area (Å²) >= 11 is 0. The Hall–Kier alpha value is -2.96. The molecule has 3 aromatic rings. The Morgan fingerprint density at radius 1 is 0.812 bits per heavy atom. The quantitative estimate of drug-likeness (QED) is 0.562. The molecule has 0 unspecified atom stereocenters. The summed E-state index contributed by atoms with van der Waals surface area (Å²) in [5.74, 6) is 2.47. The van der Waals surface area contributed by atoms with Gasteiger partial charge < -0.3 is 20.3 Å². The average molecular weight is 434 g/mol. The highest BCUT2D eigenvalue weighted by molar-refractivity contribution is 5.42. The molecule has 0 saturated heterocycles. The number of nitrogens with two attached hydrogens (primary N) is 1. The number of aromatic nitrogens is 2. The Bertz CT molecular complexity index is 1030. The minimum absolute atomic E-state index is 0.173. The van der Waals surface area contributed by atoms with E-state index in [9.17, 15) is 5.11 Å². The van der Waals surface area contributed by atoms with E-state index in [1.165, 1.54) is 11.1 Å². The molecular formula is C26H31N3O3. The fourth-order valence-corrected chi connectivity index (χ4v) is 3.77. The van der Waals surface area contributed by atoms with Gasteiger partial charge in [0.25, 0.3) is 0 Å². The van der Waals surface area contributed by atoms with Crippen LogP contribution in [-0.2, 0) is 11.0 Å². The lowest BCUT2D eigenvalue weighted by Gasteiger charge is -2.33. The van der Waals surface area contributed by atoms with Crippen LogP contribution in [0.25, 0.3) is 0 Å². The molecule has 4 rings (SSSR count). The Morgan fingerprint density at radius 2 is 1.31 bits per heavy atom. The zero-order valence-corrected chi connectivity index (χ0v) is 19.1. The van der Waals surface area contributed by atoms with Crippen molar-refractivity contribution >= 4 is 0 Å². The lowest BCUT2D eigenvalue weighted by molar-refractivity contribution is 0.0685. The molecule has 2 aromatic carbocycles. The van der Waals surface area contributed by atoms with E-state index < -0.39 is 5.60 Å². The first-order valence-corrected chi connectivity index (χ1v) is 11.0. The van der Waals surface area contributed by atoms with Gasteiger partial charge in [-0.05, 0) is 62.1 Å². The van der Waals surface area contributed by atoms with Crippen molar-refractivity contribution in [3.63, 3.8) is 0 Å². The second kappa shape index (κ2) is 8.52. The molecule has 1 heterocycles. The SMILES string of the molecule is CC(C)(O)c1ncc(Oc2ccc(C(C)(C)c3ccc(OC4CC(N)C4)cc3)cc2)cn1. The minimum atomic E-state index is -1.08. The molecule has 0 aliphatic heterocycles. The molecule has 1 aliphatic carbocycles. The second-order valence-corrected chi connectivity index (χ2v) is 9.55. The predicted molar refractivity (Wildman–Crippen MR) is 124 cm³/mol. The predicted octanol–water partition coefficient (Wildman–Crippen LogP) is 4.69. The lowest BCUT2D eigenvalue weighted by atomic mass is 9.78. The van der Waals surface area contributed by atoms with Crippen LogP contribution in [0.15, 0.2) is 60.9 Å². The molecule has 1 aromatic heterocycles. The van der Waals surface area contributed by atoms with Crippen LogP contribution in [0.2, 0.25) is 0 Å². The molecule has 0 bridgehead atoms. The number of nitrogens with zero attached hydrogens (tertiary/aromatic N) is 2.